The Morgan fingerprint density at radius 1 is 1.06 bits per heavy atom. The normalized spacial score (nSPS) is 15.2. The Morgan fingerprint density at radius 3 is 2.41 bits per heavy atom. The Bertz CT molecular complexity index is 854. The van der Waals surface area contributed by atoms with E-state index in [1.165, 1.54) is 0 Å². The van der Waals surface area contributed by atoms with Crippen LogP contribution in [0.4, 0.5) is 0 Å². The fourth-order valence-corrected chi connectivity index (χ4v) is 3.95. The van der Waals surface area contributed by atoms with Crippen LogP contribution in [0.1, 0.15) is 24.5 Å². The molecule has 32 heavy (non-hydrogen) atoms. The van der Waals surface area contributed by atoms with E-state index in [0.717, 1.165) is 44.0 Å². The third kappa shape index (κ3) is 7.33. The smallest absolute Gasteiger partial charge is 0.243 e. The fraction of sp³-hybridized carbons (Fsp3) is 0.440. The van der Waals surface area contributed by atoms with Gasteiger partial charge < -0.3 is 15.0 Å². The molecular weight excluding hydrogens is 426 g/mol. The Balaban J connectivity index is 1.75. The van der Waals surface area contributed by atoms with Crippen LogP contribution in [-0.2, 0) is 27.3 Å². The standard InChI is InChI=1S/C25H32ClN3O3/c1-2-24(30)29(19-21-8-10-22(26)11-9-21)23(18-20-6-4-3-5-7-20)25(31)27-12-13-28-14-16-32-17-15-28/h3-11,23H,2,12-19H2,1H3,(H,27,31)/t23-/m0/s1. The van der Waals surface area contributed by atoms with Gasteiger partial charge in [-0.1, -0.05) is 61.0 Å². The van der Waals surface area contributed by atoms with Gasteiger partial charge in [0.05, 0.1) is 13.2 Å². The van der Waals surface area contributed by atoms with Gasteiger partial charge in [0.15, 0.2) is 0 Å². The second-order valence-corrected chi connectivity index (χ2v) is 8.39. The van der Waals surface area contributed by atoms with E-state index >= 15 is 0 Å². The first-order valence-electron chi connectivity index (χ1n) is 11.2. The number of morpholine rings is 1. The topological polar surface area (TPSA) is 61.9 Å². The molecule has 0 spiro atoms. The second-order valence-electron chi connectivity index (χ2n) is 7.95. The van der Waals surface area contributed by atoms with Crippen molar-refractivity contribution in [1.82, 2.24) is 15.1 Å². The van der Waals surface area contributed by atoms with Gasteiger partial charge in [0.25, 0.3) is 0 Å². The lowest BCUT2D eigenvalue weighted by atomic mass is 10.0. The van der Waals surface area contributed by atoms with E-state index < -0.39 is 6.04 Å². The van der Waals surface area contributed by atoms with E-state index in [1.54, 1.807) is 17.0 Å². The van der Waals surface area contributed by atoms with Gasteiger partial charge in [-0.2, -0.15) is 0 Å². The van der Waals surface area contributed by atoms with Crippen LogP contribution in [0.25, 0.3) is 0 Å². The number of amides is 2. The fourth-order valence-electron chi connectivity index (χ4n) is 3.82. The minimum Gasteiger partial charge on any atom is -0.379 e. The van der Waals surface area contributed by atoms with Gasteiger partial charge in [-0.3, -0.25) is 14.5 Å². The van der Waals surface area contributed by atoms with Crippen molar-refractivity contribution in [3.63, 3.8) is 0 Å². The molecule has 7 heteroatoms. The number of carbonyl (C=O) groups excluding carboxylic acids is 2. The van der Waals surface area contributed by atoms with Crippen LogP contribution in [0, 0.1) is 0 Å². The summed E-state index contributed by atoms with van der Waals surface area (Å²) >= 11 is 6.02. The van der Waals surface area contributed by atoms with E-state index in [0.29, 0.717) is 31.0 Å². The SMILES string of the molecule is CCC(=O)N(Cc1ccc(Cl)cc1)[C@@H](Cc1ccccc1)C(=O)NCCN1CCOCC1. The summed E-state index contributed by atoms with van der Waals surface area (Å²) in [4.78, 5) is 30.2. The van der Waals surface area contributed by atoms with Gasteiger partial charge in [0.2, 0.25) is 11.8 Å². The largest absolute Gasteiger partial charge is 0.379 e. The summed E-state index contributed by atoms with van der Waals surface area (Å²) in [6, 6.07) is 16.6. The predicted molar refractivity (Wildman–Crippen MR) is 126 cm³/mol. The van der Waals surface area contributed by atoms with Crippen LogP contribution in [0.2, 0.25) is 5.02 Å². The van der Waals surface area contributed by atoms with Crippen LogP contribution >= 0.6 is 11.6 Å². The number of halogens is 1. The van der Waals surface area contributed by atoms with Crippen molar-refractivity contribution < 1.29 is 14.3 Å². The molecule has 1 fully saturated rings. The van der Waals surface area contributed by atoms with Gasteiger partial charge in [0, 0.05) is 50.6 Å². The Hall–Kier alpha value is -2.41. The van der Waals surface area contributed by atoms with Gasteiger partial charge in [-0.15, -0.1) is 0 Å². The Kier molecular flexibility index (Phi) is 9.53. The lowest BCUT2D eigenvalue weighted by molar-refractivity contribution is -0.141. The van der Waals surface area contributed by atoms with Gasteiger partial charge in [-0.25, -0.2) is 0 Å². The highest BCUT2D eigenvalue weighted by atomic mass is 35.5. The van der Waals surface area contributed by atoms with E-state index in [9.17, 15) is 9.59 Å². The van der Waals surface area contributed by atoms with E-state index in [2.05, 4.69) is 10.2 Å². The highest BCUT2D eigenvalue weighted by Crippen LogP contribution is 2.17. The molecule has 2 aromatic carbocycles. The molecule has 6 nitrogen and oxygen atoms in total. The average molecular weight is 458 g/mol. The third-order valence-corrected chi connectivity index (χ3v) is 5.92. The molecule has 1 heterocycles. The number of nitrogens with zero attached hydrogens (tertiary/aromatic N) is 2. The molecule has 172 valence electrons. The zero-order valence-corrected chi connectivity index (χ0v) is 19.4. The number of hydrogen-bond acceptors (Lipinski definition) is 4. The Labute approximate surface area is 195 Å². The van der Waals surface area contributed by atoms with Crippen molar-refractivity contribution in [2.75, 3.05) is 39.4 Å². The van der Waals surface area contributed by atoms with Crippen LogP contribution in [0.3, 0.4) is 0 Å². The summed E-state index contributed by atoms with van der Waals surface area (Å²) in [5.74, 6) is -0.179. The summed E-state index contributed by atoms with van der Waals surface area (Å²) < 4.78 is 5.38. The monoisotopic (exact) mass is 457 g/mol. The molecule has 0 radical (unpaired) electrons. The van der Waals surface area contributed by atoms with Gasteiger partial charge in [0.1, 0.15) is 6.04 Å². The van der Waals surface area contributed by atoms with Crippen molar-refractivity contribution in [3.05, 3.63) is 70.7 Å². The predicted octanol–water partition coefficient (Wildman–Crippen LogP) is 3.14. The number of nitrogens with one attached hydrogen (secondary N) is 1. The van der Waals surface area contributed by atoms with Crippen molar-refractivity contribution in [2.45, 2.75) is 32.4 Å². The average Bonchev–Trinajstić information content (AvgIpc) is 2.83. The molecular formula is C25H32ClN3O3. The summed E-state index contributed by atoms with van der Waals surface area (Å²) in [6.45, 7) is 6.70. The van der Waals surface area contributed by atoms with Crippen LogP contribution in [0.5, 0.6) is 0 Å². The molecule has 1 atom stereocenters. The molecule has 2 amide bonds. The molecule has 0 unspecified atom stereocenters. The highest BCUT2D eigenvalue weighted by molar-refractivity contribution is 6.30. The summed E-state index contributed by atoms with van der Waals surface area (Å²) in [7, 11) is 0. The van der Waals surface area contributed by atoms with Crippen LogP contribution < -0.4 is 5.32 Å². The van der Waals surface area contributed by atoms with E-state index in [4.69, 9.17) is 16.3 Å². The molecule has 1 N–H and O–H groups in total. The van der Waals surface area contributed by atoms with Crippen molar-refractivity contribution in [2.24, 2.45) is 0 Å². The number of ether oxygens (including phenoxy) is 1. The molecule has 0 saturated carbocycles. The summed E-state index contributed by atoms with van der Waals surface area (Å²) in [5, 5.41) is 3.71. The minimum absolute atomic E-state index is 0.0517. The highest BCUT2D eigenvalue weighted by Gasteiger charge is 2.29. The van der Waals surface area contributed by atoms with Crippen LogP contribution in [0.15, 0.2) is 54.6 Å². The Morgan fingerprint density at radius 2 is 1.75 bits per heavy atom. The number of benzene rings is 2. The molecule has 0 aromatic heterocycles. The van der Waals surface area contributed by atoms with Crippen molar-refractivity contribution in [3.8, 4) is 0 Å². The quantitative estimate of drug-likeness (QED) is 0.595. The zero-order valence-electron chi connectivity index (χ0n) is 18.6. The van der Waals surface area contributed by atoms with Crippen LogP contribution in [-0.4, -0.2) is 67.0 Å². The maximum atomic E-state index is 13.3. The lowest BCUT2D eigenvalue weighted by Crippen LogP contribution is -2.51. The second kappa shape index (κ2) is 12.6. The maximum absolute atomic E-state index is 13.3. The lowest BCUT2D eigenvalue weighted by Gasteiger charge is -2.32. The van der Waals surface area contributed by atoms with E-state index in [1.807, 2.05) is 49.4 Å². The molecule has 1 aliphatic heterocycles. The first-order chi connectivity index (χ1) is 15.6. The molecule has 3 rings (SSSR count). The first kappa shape index (κ1) is 24.2. The minimum atomic E-state index is -0.592. The van der Waals surface area contributed by atoms with Crippen molar-refractivity contribution in [1.29, 1.82) is 0 Å². The summed E-state index contributed by atoms with van der Waals surface area (Å²) in [5.41, 5.74) is 1.96. The number of rotatable bonds is 10. The molecule has 1 aliphatic rings. The van der Waals surface area contributed by atoms with Gasteiger partial charge in [-0.05, 0) is 23.3 Å². The number of hydrogen-bond donors (Lipinski definition) is 1. The number of carbonyl (C=O) groups is 2. The molecule has 2 aromatic rings. The van der Waals surface area contributed by atoms with E-state index in [-0.39, 0.29) is 11.8 Å². The molecule has 0 aliphatic carbocycles. The van der Waals surface area contributed by atoms with Crippen molar-refractivity contribution >= 4 is 23.4 Å². The maximum Gasteiger partial charge on any atom is 0.243 e. The summed E-state index contributed by atoms with van der Waals surface area (Å²) in [6.07, 6.45) is 0.795. The molecule has 0 bridgehead atoms. The third-order valence-electron chi connectivity index (χ3n) is 5.67. The molecule has 1 saturated heterocycles. The van der Waals surface area contributed by atoms with Gasteiger partial charge >= 0.3 is 0 Å². The first-order valence-corrected chi connectivity index (χ1v) is 11.6. The zero-order chi connectivity index (χ0) is 22.8.